The second-order valence-electron chi connectivity index (χ2n) is 6.49. The largest absolute Gasteiger partial charge is 0.385 e. The molecule has 2 aromatic carbocycles. The third-order valence-corrected chi connectivity index (χ3v) is 4.66. The number of amides is 3. The maximum atomic E-state index is 12.6. The van der Waals surface area contributed by atoms with Crippen molar-refractivity contribution in [3.05, 3.63) is 59.3 Å². The summed E-state index contributed by atoms with van der Waals surface area (Å²) < 4.78 is 4.97. The number of nitrogens with zero attached hydrogens (tertiary/aromatic N) is 2. The quantitative estimate of drug-likeness (QED) is 0.506. The molecule has 0 saturated carbocycles. The SMILES string of the molecule is COCCCN1C(=O)c2ccc(C(=O)Nc3ccc4cn[nH]c4c3)cc2C1=O. The van der Waals surface area contributed by atoms with Gasteiger partial charge in [0.1, 0.15) is 0 Å². The monoisotopic (exact) mass is 378 g/mol. The molecule has 1 aliphatic rings. The number of carbonyl (C=O) groups excluding carboxylic acids is 3. The van der Waals surface area contributed by atoms with Crippen molar-refractivity contribution in [3.8, 4) is 0 Å². The molecule has 0 radical (unpaired) electrons. The molecular formula is C20H18N4O4. The molecule has 1 aliphatic heterocycles. The zero-order valence-corrected chi connectivity index (χ0v) is 15.2. The summed E-state index contributed by atoms with van der Waals surface area (Å²) in [6.45, 7) is 0.744. The molecule has 0 saturated heterocycles. The number of rotatable bonds is 6. The molecule has 2 N–H and O–H groups in total. The van der Waals surface area contributed by atoms with Crippen LogP contribution in [0.1, 0.15) is 37.5 Å². The molecule has 4 rings (SSSR count). The molecular weight excluding hydrogens is 360 g/mol. The lowest BCUT2D eigenvalue weighted by Crippen LogP contribution is -2.31. The minimum atomic E-state index is -0.385. The maximum Gasteiger partial charge on any atom is 0.261 e. The van der Waals surface area contributed by atoms with Gasteiger partial charge in [-0.15, -0.1) is 0 Å². The van der Waals surface area contributed by atoms with Crippen molar-refractivity contribution < 1.29 is 19.1 Å². The Morgan fingerprint density at radius 1 is 1.14 bits per heavy atom. The molecule has 0 fully saturated rings. The van der Waals surface area contributed by atoms with Crippen LogP contribution in [0.15, 0.2) is 42.6 Å². The minimum absolute atomic E-state index is 0.249. The number of anilines is 1. The van der Waals surface area contributed by atoms with Crippen LogP contribution in [0.25, 0.3) is 10.9 Å². The van der Waals surface area contributed by atoms with Crippen LogP contribution in [0.2, 0.25) is 0 Å². The van der Waals surface area contributed by atoms with E-state index in [4.69, 9.17) is 4.74 Å². The third-order valence-electron chi connectivity index (χ3n) is 4.66. The average molecular weight is 378 g/mol. The lowest BCUT2D eigenvalue weighted by molar-refractivity contribution is 0.0638. The number of methoxy groups -OCH3 is 1. The van der Waals surface area contributed by atoms with Crippen molar-refractivity contribution in [1.82, 2.24) is 15.1 Å². The molecule has 0 unspecified atom stereocenters. The standard InChI is InChI=1S/C20H18N4O4/c1-28-8-2-7-24-19(26)15-6-4-12(9-16(15)20(24)27)18(25)22-14-5-3-13-11-21-23-17(13)10-14/h3-6,9-11H,2,7-8H2,1H3,(H,21,23)(H,22,25). The van der Waals surface area contributed by atoms with Crippen LogP contribution in [0.5, 0.6) is 0 Å². The number of fused-ring (bicyclic) bond motifs is 2. The first-order chi connectivity index (χ1) is 13.6. The summed E-state index contributed by atoms with van der Waals surface area (Å²) in [5, 5.41) is 10.5. The van der Waals surface area contributed by atoms with E-state index in [1.807, 2.05) is 6.07 Å². The van der Waals surface area contributed by atoms with Gasteiger partial charge in [0, 0.05) is 36.9 Å². The molecule has 28 heavy (non-hydrogen) atoms. The fourth-order valence-corrected chi connectivity index (χ4v) is 3.22. The summed E-state index contributed by atoms with van der Waals surface area (Å²) in [5.41, 5.74) is 2.28. The zero-order valence-electron chi connectivity index (χ0n) is 15.2. The van der Waals surface area contributed by atoms with Crippen molar-refractivity contribution in [3.63, 3.8) is 0 Å². The smallest absolute Gasteiger partial charge is 0.261 e. The van der Waals surface area contributed by atoms with E-state index < -0.39 is 0 Å². The Kier molecular flexibility index (Phi) is 4.62. The van der Waals surface area contributed by atoms with Gasteiger partial charge in [0.2, 0.25) is 0 Å². The number of H-pyrrole nitrogens is 1. The number of imide groups is 1. The highest BCUT2D eigenvalue weighted by atomic mass is 16.5. The van der Waals surface area contributed by atoms with E-state index in [1.54, 1.807) is 31.5 Å². The first-order valence-corrected chi connectivity index (χ1v) is 8.82. The number of hydrogen-bond acceptors (Lipinski definition) is 5. The van der Waals surface area contributed by atoms with E-state index in [2.05, 4.69) is 15.5 Å². The summed E-state index contributed by atoms with van der Waals surface area (Å²) in [6.07, 6.45) is 2.26. The first kappa shape index (κ1) is 17.9. The van der Waals surface area contributed by atoms with Gasteiger partial charge in [-0.1, -0.05) is 0 Å². The fourth-order valence-electron chi connectivity index (χ4n) is 3.22. The Bertz CT molecular complexity index is 1090. The number of carbonyl (C=O) groups is 3. The van der Waals surface area contributed by atoms with Gasteiger partial charge in [0.05, 0.1) is 22.8 Å². The molecule has 0 spiro atoms. The summed E-state index contributed by atoms with van der Waals surface area (Å²) in [7, 11) is 1.57. The molecule has 8 nitrogen and oxygen atoms in total. The van der Waals surface area contributed by atoms with Crippen molar-refractivity contribution in [2.45, 2.75) is 6.42 Å². The van der Waals surface area contributed by atoms with Crippen LogP contribution >= 0.6 is 0 Å². The fraction of sp³-hybridized carbons (Fsp3) is 0.200. The van der Waals surface area contributed by atoms with Crippen LogP contribution in [0.3, 0.4) is 0 Å². The predicted molar refractivity (Wildman–Crippen MR) is 102 cm³/mol. The summed E-state index contributed by atoms with van der Waals surface area (Å²) in [6, 6.07) is 9.94. The molecule has 3 amide bonds. The van der Waals surface area contributed by atoms with Crippen LogP contribution in [-0.2, 0) is 4.74 Å². The van der Waals surface area contributed by atoms with E-state index in [0.29, 0.717) is 29.8 Å². The number of benzene rings is 2. The van der Waals surface area contributed by atoms with Gasteiger partial charge in [0.15, 0.2) is 0 Å². The van der Waals surface area contributed by atoms with Gasteiger partial charge in [0.25, 0.3) is 17.7 Å². The Morgan fingerprint density at radius 2 is 1.96 bits per heavy atom. The second-order valence-corrected chi connectivity index (χ2v) is 6.49. The van der Waals surface area contributed by atoms with Gasteiger partial charge in [-0.05, 0) is 42.8 Å². The van der Waals surface area contributed by atoms with Gasteiger partial charge >= 0.3 is 0 Å². The first-order valence-electron chi connectivity index (χ1n) is 8.82. The highest BCUT2D eigenvalue weighted by molar-refractivity contribution is 6.22. The van der Waals surface area contributed by atoms with Crippen molar-refractivity contribution in [2.24, 2.45) is 0 Å². The van der Waals surface area contributed by atoms with Gasteiger partial charge < -0.3 is 10.1 Å². The van der Waals surface area contributed by atoms with Crippen LogP contribution in [0, 0.1) is 0 Å². The molecule has 0 aliphatic carbocycles. The summed E-state index contributed by atoms with van der Waals surface area (Å²) >= 11 is 0. The highest BCUT2D eigenvalue weighted by Gasteiger charge is 2.35. The van der Waals surface area contributed by atoms with Crippen molar-refractivity contribution in [2.75, 3.05) is 25.6 Å². The van der Waals surface area contributed by atoms with Crippen molar-refractivity contribution in [1.29, 1.82) is 0 Å². The molecule has 8 heteroatoms. The molecule has 142 valence electrons. The number of ether oxygens (including phenoxy) is 1. The third kappa shape index (κ3) is 3.14. The van der Waals surface area contributed by atoms with E-state index in [9.17, 15) is 14.4 Å². The Labute approximate surface area is 160 Å². The van der Waals surface area contributed by atoms with Gasteiger partial charge in [-0.25, -0.2) is 0 Å². The Hall–Kier alpha value is -3.52. The van der Waals surface area contributed by atoms with Gasteiger partial charge in [-0.2, -0.15) is 5.10 Å². The van der Waals surface area contributed by atoms with E-state index in [-0.39, 0.29) is 29.8 Å². The van der Waals surface area contributed by atoms with E-state index >= 15 is 0 Å². The maximum absolute atomic E-state index is 12.6. The Morgan fingerprint density at radius 3 is 2.79 bits per heavy atom. The summed E-state index contributed by atoms with van der Waals surface area (Å²) in [5.74, 6) is -1.09. The Balaban J connectivity index is 1.53. The number of aromatic amines is 1. The molecule has 2 heterocycles. The van der Waals surface area contributed by atoms with Crippen LogP contribution in [-0.4, -0.2) is 53.1 Å². The minimum Gasteiger partial charge on any atom is -0.385 e. The zero-order chi connectivity index (χ0) is 19.7. The molecule has 1 aromatic heterocycles. The van der Waals surface area contributed by atoms with Crippen LogP contribution < -0.4 is 5.32 Å². The number of nitrogens with one attached hydrogen (secondary N) is 2. The summed E-state index contributed by atoms with van der Waals surface area (Å²) in [4.78, 5) is 38.8. The average Bonchev–Trinajstić information content (AvgIpc) is 3.26. The molecule has 3 aromatic rings. The highest BCUT2D eigenvalue weighted by Crippen LogP contribution is 2.25. The predicted octanol–water partition coefficient (Wildman–Crippen LogP) is 2.45. The second kappa shape index (κ2) is 7.24. The van der Waals surface area contributed by atoms with E-state index in [0.717, 1.165) is 10.9 Å². The normalized spacial score (nSPS) is 13.2. The lowest BCUT2D eigenvalue weighted by Gasteiger charge is -2.12. The lowest BCUT2D eigenvalue weighted by atomic mass is 10.1. The number of aromatic nitrogens is 2. The van der Waals surface area contributed by atoms with E-state index in [1.165, 1.54) is 17.0 Å². The van der Waals surface area contributed by atoms with Crippen LogP contribution in [0.4, 0.5) is 5.69 Å². The van der Waals surface area contributed by atoms with Gasteiger partial charge in [-0.3, -0.25) is 24.4 Å². The molecule has 0 bridgehead atoms. The molecule has 0 atom stereocenters. The number of hydrogen-bond donors (Lipinski definition) is 2. The van der Waals surface area contributed by atoms with Crippen molar-refractivity contribution >= 4 is 34.3 Å². The topological polar surface area (TPSA) is 104 Å².